The van der Waals surface area contributed by atoms with Crippen molar-refractivity contribution in [1.82, 2.24) is 19.7 Å². The predicted molar refractivity (Wildman–Crippen MR) is 104 cm³/mol. The lowest BCUT2D eigenvalue weighted by Crippen LogP contribution is -2.38. The average molecular weight is 404 g/mol. The van der Waals surface area contributed by atoms with Crippen LogP contribution in [0, 0.1) is 0 Å². The van der Waals surface area contributed by atoms with Crippen LogP contribution in [0.2, 0.25) is 5.02 Å². The number of rotatable bonds is 4. The number of fused-ring (bicyclic) bond motifs is 2. The fourth-order valence-corrected chi connectivity index (χ4v) is 4.92. The monoisotopic (exact) mass is 403 g/mol. The average Bonchev–Trinajstić information content (AvgIpc) is 3.41. The molecule has 140 valence electrons. The number of aryl methyl sites for hydroxylation is 1. The molecule has 1 fully saturated rings. The number of anilines is 1. The molecule has 4 heterocycles. The molecule has 7 nitrogen and oxygen atoms in total. The first-order valence-corrected chi connectivity index (χ1v) is 10.3. The Labute approximate surface area is 164 Å². The van der Waals surface area contributed by atoms with Crippen LogP contribution >= 0.6 is 22.9 Å². The Morgan fingerprint density at radius 1 is 1.37 bits per heavy atom. The van der Waals surface area contributed by atoms with Gasteiger partial charge < -0.3 is 9.30 Å². The van der Waals surface area contributed by atoms with Gasteiger partial charge in [-0.25, -0.2) is 4.98 Å². The molecule has 0 aliphatic carbocycles. The van der Waals surface area contributed by atoms with E-state index in [-0.39, 0.29) is 12.0 Å². The third-order valence-electron chi connectivity index (χ3n) is 5.03. The Balaban J connectivity index is 1.53. The van der Waals surface area contributed by atoms with Crippen LogP contribution in [0.4, 0.5) is 5.13 Å². The van der Waals surface area contributed by atoms with Crippen LogP contribution in [0.3, 0.4) is 0 Å². The summed E-state index contributed by atoms with van der Waals surface area (Å²) in [5, 5.41) is 9.64. The zero-order chi connectivity index (χ0) is 18.4. The van der Waals surface area contributed by atoms with Gasteiger partial charge in [0.2, 0.25) is 5.82 Å². The van der Waals surface area contributed by atoms with Crippen molar-refractivity contribution in [2.24, 2.45) is 0 Å². The largest absolute Gasteiger partial charge is 0.376 e. The molecule has 0 radical (unpaired) electrons. The summed E-state index contributed by atoms with van der Waals surface area (Å²) in [5.74, 6) is 1.10. The van der Waals surface area contributed by atoms with E-state index in [9.17, 15) is 4.79 Å². The van der Waals surface area contributed by atoms with Crippen molar-refractivity contribution >= 4 is 44.2 Å². The number of benzene rings is 1. The second kappa shape index (κ2) is 6.85. The van der Waals surface area contributed by atoms with E-state index < -0.39 is 0 Å². The van der Waals surface area contributed by atoms with Gasteiger partial charge in [-0.1, -0.05) is 22.9 Å². The highest BCUT2D eigenvalue weighted by Gasteiger charge is 2.31. The van der Waals surface area contributed by atoms with Crippen molar-refractivity contribution in [3.8, 4) is 0 Å². The smallest absolute Gasteiger partial charge is 0.298 e. The molecule has 1 atom stereocenters. The molecule has 2 aliphatic rings. The molecule has 1 aromatic carbocycles. The third kappa shape index (κ3) is 3.11. The number of halogens is 1. The Bertz CT molecular complexity index is 1010. The maximum absolute atomic E-state index is 13.4. The van der Waals surface area contributed by atoms with Crippen molar-refractivity contribution in [3.05, 3.63) is 34.9 Å². The Kier molecular flexibility index (Phi) is 4.34. The second-order valence-electron chi connectivity index (χ2n) is 6.85. The Morgan fingerprint density at radius 2 is 2.30 bits per heavy atom. The van der Waals surface area contributed by atoms with Crippen molar-refractivity contribution in [3.63, 3.8) is 0 Å². The summed E-state index contributed by atoms with van der Waals surface area (Å²) in [5.41, 5.74) is 0.830. The maximum atomic E-state index is 13.4. The summed E-state index contributed by atoms with van der Waals surface area (Å²) in [6.45, 7) is 1.99. The van der Waals surface area contributed by atoms with Crippen LogP contribution in [-0.2, 0) is 17.7 Å². The van der Waals surface area contributed by atoms with E-state index in [2.05, 4.69) is 15.2 Å². The molecule has 3 aromatic rings. The lowest BCUT2D eigenvalue weighted by molar-refractivity contribution is 0.0905. The number of thiazole rings is 1. The molecule has 0 spiro atoms. The first-order chi connectivity index (χ1) is 13.2. The van der Waals surface area contributed by atoms with E-state index in [0.717, 1.165) is 54.9 Å². The summed E-state index contributed by atoms with van der Waals surface area (Å²) in [6, 6.07) is 5.56. The van der Waals surface area contributed by atoms with Crippen LogP contribution in [-0.4, -0.2) is 44.9 Å². The summed E-state index contributed by atoms with van der Waals surface area (Å²) in [7, 11) is 0. The number of nitrogens with zero attached hydrogens (tertiary/aromatic N) is 5. The highest BCUT2D eigenvalue weighted by atomic mass is 35.5. The van der Waals surface area contributed by atoms with Gasteiger partial charge in [-0.05, 0) is 37.5 Å². The van der Waals surface area contributed by atoms with E-state index in [0.29, 0.717) is 22.5 Å². The minimum Gasteiger partial charge on any atom is -0.376 e. The molecule has 1 amide bonds. The van der Waals surface area contributed by atoms with Gasteiger partial charge in [0.25, 0.3) is 5.91 Å². The molecule has 1 saturated heterocycles. The van der Waals surface area contributed by atoms with Crippen molar-refractivity contribution < 1.29 is 9.53 Å². The number of carbonyl (C=O) groups is 1. The van der Waals surface area contributed by atoms with E-state index in [1.165, 1.54) is 11.3 Å². The van der Waals surface area contributed by atoms with Crippen LogP contribution < -0.4 is 4.90 Å². The van der Waals surface area contributed by atoms with Gasteiger partial charge in [-0.15, -0.1) is 10.2 Å². The number of carbonyl (C=O) groups excluding carboxylic acids is 1. The lowest BCUT2D eigenvalue weighted by atomic mass is 10.2. The molecule has 1 unspecified atom stereocenters. The van der Waals surface area contributed by atoms with Crippen LogP contribution in [0.5, 0.6) is 0 Å². The summed E-state index contributed by atoms with van der Waals surface area (Å²) in [4.78, 5) is 19.8. The zero-order valence-corrected chi connectivity index (χ0v) is 16.2. The van der Waals surface area contributed by atoms with Gasteiger partial charge in [-0.2, -0.15) is 0 Å². The minimum absolute atomic E-state index is 0.0190. The maximum Gasteiger partial charge on any atom is 0.298 e. The highest BCUT2D eigenvalue weighted by Crippen LogP contribution is 2.32. The molecular formula is C18H18ClN5O2S. The summed E-state index contributed by atoms with van der Waals surface area (Å²) >= 11 is 7.57. The van der Waals surface area contributed by atoms with Crippen LogP contribution in [0.25, 0.3) is 10.2 Å². The normalized spacial score (nSPS) is 18.9. The van der Waals surface area contributed by atoms with Gasteiger partial charge >= 0.3 is 0 Å². The first-order valence-electron chi connectivity index (χ1n) is 9.11. The van der Waals surface area contributed by atoms with Crippen molar-refractivity contribution in [2.75, 3.05) is 18.1 Å². The lowest BCUT2D eigenvalue weighted by Gasteiger charge is -2.22. The SMILES string of the molecule is O=C(c1nnc2n1CCC2)N(CC1CCCO1)c1nc2ccc(Cl)cc2s1. The van der Waals surface area contributed by atoms with Crippen LogP contribution in [0.1, 0.15) is 35.7 Å². The molecule has 0 saturated carbocycles. The molecule has 2 aliphatic heterocycles. The molecule has 0 N–H and O–H groups in total. The molecule has 2 aromatic heterocycles. The summed E-state index contributed by atoms with van der Waals surface area (Å²) in [6.07, 6.45) is 3.84. The van der Waals surface area contributed by atoms with E-state index in [1.54, 1.807) is 4.90 Å². The highest BCUT2D eigenvalue weighted by molar-refractivity contribution is 7.22. The Morgan fingerprint density at radius 3 is 3.15 bits per heavy atom. The standard InChI is InChI=1S/C18H18ClN5O2S/c19-11-5-6-13-14(9-11)27-18(20-13)24(10-12-3-2-8-26-12)17(25)16-22-21-15-4-1-7-23(15)16/h5-6,9,12H,1-4,7-8,10H2. The number of aromatic nitrogens is 4. The van der Waals surface area contributed by atoms with Gasteiger partial charge in [0.15, 0.2) is 5.13 Å². The van der Waals surface area contributed by atoms with Crippen LogP contribution in [0.15, 0.2) is 18.2 Å². The molecule has 5 rings (SSSR count). The number of hydrogen-bond acceptors (Lipinski definition) is 6. The summed E-state index contributed by atoms with van der Waals surface area (Å²) < 4.78 is 8.66. The zero-order valence-electron chi connectivity index (χ0n) is 14.6. The van der Waals surface area contributed by atoms with Crippen molar-refractivity contribution in [2.45, 2.75) is 38.3 Å². The fourth-order valence-electron chi connectivity index (χ4n) is 3.67. The molecule has 27 heavy (non-hydrogen) atoms. The topological polar surface area (TPSA) is 73.1 Å². The van der Waals surface area contributed by atoms with Gasteiger partial charge in [0.05, 0.1) is 22.9 Å². The van der Waals surface area contributed by atoms with Crippen molar-refractivity contribution in [1.29, 1.82) is 0 Å². The van der Waals surface area contributed by atoms with Gasteiger partial charge in [0.1, 0.15) is 5.82 Å². The molecular weight excluding hydrogens is 386 g/mol. The third-order valence-corrected chi connectivity index (χ3v) is 6.30. The minimum atomic E-state index is -0.170. The first kappa shape index (κ1) is 17.1. The number of amides is 1. The predicted octanol–water partition coefficient (Wildman–Crippen LogP) is 3.31. The second-order valence-corrected chi connectivity index (χ2v) is 8.30. The van der Waals surface area contributed by atoms with E-state index in [1.807, 2.05) is 22.8 Å². The van der Waals surface area contributed by atoms with Gasteiger partial charge in [0, 0.05) is 24.6 Å². The quantitative estimate of drug-likeness (QED) is 0.668. The van der Waals surface area contributed by atoms with E-state index in [4.69, 9.17) is 16.3 Å². The Hall–Kier alpha value is -2.03. The number of hydrogen-bond donors (Lipinski definition) is 0. The van der Waals surface area contributed by atoms with Gasteiger partial charge in [-0.3, -0.25) is 9.69 Å². The fraction of sp³-hybridized carbons (Fsp3) is 0.444. The number of ether oxygens (including phenoxy) is 1. The molecule has 9 heteroatoms. The molecule has 0 bridgehead atoms. The van der Waals surface area contributed by atoms with E-state index >= 15 is 0 Å².